The lowest BCUT2D eigenvalue weighted by atomic mass is 10.2. The molecule has 5 nitrogen and oxygen atoms in total. The van der Waals surface area contributed by atoms with Crippen LogP contribution in [-0.2, 0) is 4.74 Å². The third-order valence-electron chi connectivity index (χ3n) is 2.94. The van der Waals surface area contributed by atoms with Gasteiger partial charge in [-0.05, 0) is 44.2 Å². The molecule has 2 rings (SSSR count). The van der Waals surface area contributed by atoms with Gasteiger partial charge in [-0.3, -0.25) is 0 Å². The van der Waals surface area contributed by atoms with Crippen molar-refractivity contribution in [3.63, 3.8) is 0 Å². The minimum Gasteiger partial charge on any atom is -0.462 e. The first-order valence-corrected chi connectivity index (χ1v) is 7.00. The van der Waals surface area contributed by atoms with Crippen LogP contribution in [0.15, 0.2) is 48.5 Å². The van der Waals surface area contributed by atoms with Crippen LogP contribution in [-0.4, -0.2) is 18.6 Å². The van der Waals surface area contributed by atoms with Crippen LogP contribution in [0.4, 0.5) is 16.2 Å². The van der Waals surface area contributed by atoms with Crippen molar-refractivity contribution in [3.8, 4) is 0 Å². The second kappa shape index (κ2) is 7.26. The minimum absolute atomic E-state index is 0.310. The Morgan fingerprint density at radius 2 is 1.68 bits per heavy atom. The molecule has 0 atom stereocenters. The standard InChI is InChI=1S/C17H18N2O3/c1-3-22-16(20)13-5-4-6-15(11-13)19-17(21)18-14-9-7-12(2)8-10-14/h4-11H,3H2,1-2H3,(H2,18,19,21). The van der Waals surface area contributed by atoms with Crippen molar-refractivity contribution in [3.05, 3.63) is 59.7 Å². The highest BCUT2D eigenvalue weighted by atomic mass is 16.5. The van der Waals surface area contributed by atoms with E-state index in [1.807, 2.05) is 31.2 Å². The van der Waals surface area contributed by atoms with Crippen LogP contribution in [0.2, 0.25) is 0 Å². The predicted molar refractivity (Wildman–Crippen MR) is 86.2 cm³/mol. The van der Waals surface area contributed by atoms with E-state index in [4.69, 9.17) is 4.74 Å². The van der Waals surface area contributed by atoms with Crippen molar-refractivity contribution in [2.24, 2.45) is 0 Å². The number of urea groups is 1. The number of amides is 2. The minimum atomic E-state index is -0.412. The first-order valence-electron chi connectivity index (χ1n) is 7.00. The van der Waals surface area contributed by atoms with Crippen molar-refractivity contribution < 1.29 is 14.3 Å². The molecule has 2 aromatic rings. The molecule has 0 heterocycles. The van der Waals surface area contributed by atoms with E-state index in [0.29, 0.717) is 23.5 Å². The third kappa shape index (κ3) is 4.34. The summed E-state index contributed by atoms with van der Waals surface area (Å²) in [6.07, 6.45) is 0. The van der Waals surface area contributed by atoms with Crippen LogP contribution in [0.3, 0.4) is 0 Å². The number of rotatable bonds is 4. The quantitative estimate of drug-likeness (QED) is 0.843. The molecule has 0 unspecified atom stereocenters. The number of carbonyl (C=O) groups is 2. The van der Waals surface area contributed by atoms with E-state index >= 15 is 0 Å². The first kappa shape index (κ1) is 15.6. The number of nitrogens with one attached hydrogen (secondary N) is 2. The molecule has 0 saturated heterocycles. The fourth-order valence-corrected chi connectivity index (χ4v) is 1.87. The predicted octanol–water partition coefficient (Wildman–Crippen LogP) is 3.82. The molecule has 22 heavy (non-hydrogen) atoms. The SMILES string of the molecule is CCOC(=O)c1cccc(NC(=O)Nc2ccc(C)cc2)c1. The van der Waals surface area contributed by atoms with E-state index in [0.717, 1.165) is 5.56 Å². The number of esters is 1. The molecule has 0 aliphatic heterocycles. The fraction of sp³-hybridized carbons (Fsp3) is 0.176. The highest BCUT2D eigenvalue weighted by molar-refractivity contribution is 6.00. The lowest BCUT2D eigenvalue weighted by molar-refractivity contribution is 0.0526. The summed E-state index contributed by atoms with van der Waals surface area (Å²) in [5.41, 5.74) is 2.74. The summed E-state index contributed by atoms with van der Waals surface area (Å²) >= 11 is 0. The molecular formula is C17H18N2O3. The van der Waals surface area contributed by atoms with E-state index in [1.165, 1.54) is 0 Å². The Morgan fingerprint density at radius 1 is 1.00 bits per heavy atom. The Labute approximate surface area is 129 Å². The number of aryl methyl sites for hydroxylation is 1. The van der Waals surface area contributed by atoms with Crippen LogP contribution in [0, 0.1) is 6.92 Å². The summed E-state index contributed by atoms with van der Waals surface area (Å²) in [6.45, 7) is 4.03. The van der Waals surface area contributed by atoms with Gasteiger partial charge in [-0.15, -0.1) is 0 Å². The number of hydrogen-bond donors (Lipinski definition) is 2. The second-order valence-corrected chi connectivity index (χ2v) is 4.75. The molecule has 0 bridgehead atoms. The van der Waals surface area contributed by atoms with Gasteiger partial charge in [0.1, 0.15) is 0 Å². The van der Waals surface area contributed by atoms with Crippen LogP contribution in [0.5, 0.6) is 0 Å². The van der Waals surface area contributed by atoms with Gasteiger partial charge in [0.2, 0.25) is 0 Å². The summed E-state index contributed by atoms with van der Waals surface area (Å²) in [5.74, 6) is -0.412. The van der Waals surface area contributed by atoms with E-state index in [2.05, 4.69) is 10.6 Å². The van der Waals surface area contributed by atoms with Gasteiger partial charge in [-0.25, -0.2) is 9.59 Å². The smallest absolute Gasteiger partial charge is 0.338 e. The molecular weight excluding hydrogens is 280 g/mol. The molecule has 2 aromatic carbocycles. The average molecular weight is 298 g/mol. The Kier molecular flexibility index (Phi) is 5.14. The number of carbonyl (C=O) groups excluding carboxylic acids is 2. The zero-order valence-electron chi connectivity index (χ0n) is 12.6. The maximum absolute atomic E-state index is 11.9. The molecule has 2 N–H and O–H groups in total. The molecule has 0 fully saturated rings. The van der Waals surface area contributed by atoms with Crippen molar-refractivity contribution >= 4 is 23.4 Å². The Bertz CT molecular complexity index is 666. The van der Waals surface area contributed by atoms with Gasteiger partial charge in [-0.1, -0.05) is 23.8 Å². The highest BCUT2D eigenvalue weighted by Crippen LogP contribution is 2.13. The Hall–Kier alpha value is -2.82. The van der Waals surface area contributed by atoms with E-state index < -0.39 is 5.97 Å². The monoisotopic (exact) mass is 298 g/mol. The summed E-state index contributed by atoms with van der Waals surface area (Å²) in [7, 11) is 0. The summed E-state index contributed by atoms with van der Waals surface area (Å²) in [6, 6.07) is 13.7. The van der Waals surface area contributed by atoms with Crippen LogP contribution in [0.1, 0.15) is 22.8 Å². The zero-order chi connectivity index (χ0) is 15.9. The number of benzene rings is 2. The van der Waals surface area contributed by atoms with Gasteiger partial charge in [0, 0.05) is 11.4 Å². The Balaban J connectivity index is 2.00. The largest absolute Gasteiger partial charge is 0.462 e. The summed E-state index contributed by atoms with van der Waals surface area (Å²) < 4.78 is 4.93. The third-order valence-corrected chi connectivity index (χ3v) is 2.94. The number of anilines is 2. The lowest BCUT2D eigenvalue weighted by Gasteiger charge is -2.09. The molecule has 0 aromatic heterocycles. The molecule has 0 aliphatic rings. The number of ether oxygens (including phenoxy) is 1. The summed E-state index contributed by atoms with van der Waals surface area (Å²) in [4.78, 5) is 23.6. The number of hydrogen-bond acceptors (Lipinski definition) is 3. The molecule has 0 radical (unpaired) electrons. The van der Waals surface area contributed by atoms with Crippen molar-refractivity contribution in [2.45, 2.75) is 13.8 Å². The van der Waals surface area contributed by atoms with Crippen molar-refractivity contribution in [1.29, 1.82) is 0 Å². The van der Waals surface area contributed by atoms with E-state index in [1.54, 1.807) is 31.2 Å². The van der Waals surface area contributed by atoms with Crippen LogP contribution < -0.4 is 10.6 Å². The fourth-order valence-electron chi connectivity index (χ4n) is 1.87. The van der Waals surface area contributed by atoms with Crippen molar-refractivity contribution in [2.75, 3.05) is 17.2 Å². The van der Waals surface area contributed by atoms with Gasteiger partial charge in [0.25, 0.3) is 0 Å². The average Bonchev–Trinajstić information content (AvgIpc) is 2.50. The van der Waals surface area contributed by atoms with Gasteiger partial charge >= 0.3 is 12.0 Å². The van der Waals surface area contributed by atoms with Gasteiger partial charge < -0.3 is 15.4 Å². The molecule has 0 spiro atoms. The van der Waals surface area contributed by atoms with Crippen LogP contribution in [0.25, 0.3) is 0 Å². The van der Waals surface area contributed by atoms with Crippen molar-refractivity contribution in [1.82, 2.24) is 0 Å². The molecule has 0 aliphatic carbocycles. The second-order valence-electron chi connectivity index (χ2n) is 4.75. The first-order chi connectivity index (χ1) is 10.6. The van der Waals surface area contributed by atoms with Crippen LogP contribution >= 0.6 is 0 Å². The lowest BCUT2D eigenvalue weighted by Crippen LogP contribution is -2.19. The molecule has 5 heteroatoms. The summed E-state index contributed by atoms with van der Waals surface area (Å²) in [5, 5.41) is 5.41. The molecule has 2 amide bonds. The Morgan fingerprint density at radius 3 is 2.36 bits per heavy atom. The molecule has 114 valence electrons. The normalized spacial score (nSPS) is 9.91. The van der Waals surface area contributed by atoms with E-state index in [-0.39, 0.29) is 6.03 Å². The maximum Gasteiger partial charge on any atom is 0.338 e. The zero-order valence-corrected chi connectivity index (χ0v) is 12.6. The highest BCUT2D eigenvalue weighted by Gasteiger charge is 2.08. The van der Waals surface area contributed by atoms with Gasteiger partial charge in [0.05, 0.1) is 12.2 Å². The maximum atomic E-state index is 11.9. The van der Waals surface area contributed by atoms with Gasteiger partial charge in [-0.2, -0.15) is 0 Å². The molecule has 0 saturated carbocycles. The van der Waals surface area contributed by atoms with Gasteiger partial charge in [0.15, 0.2) is 0 Å². The topological polar surface area (TPSA) is 67.4 Å². The van der Waals surface area contributed by atoms with E-state index in [9.17, 15) is 9.59 Å².